The maximum Gasteiger partial charge on any atom is 0.371 e. The van der Waals surface area contributed by atoms with E-state index < -0.39 is 7.60 Å². The minimum Gasteiger partial charge on any atom is -0.465 e. The van der Waals surface area contributed by atoms with Gasteiger partial charge in [-0.25, -0.2) is 0 Å². The fourth-order valence-corrected chi connectivity index (χ4v) is 1.90. The molecule has 0 radical (unpaired) electrons. The minimum absolute atomic E-state index is 0.0950. The molecule has 0 spiro atoms. The lowest BCUT2D eigenvalue weighted by Gasteiger charge is -2.11. The molecule has 15 heavy (non-hydrogen) atoms. The third kappa shape index (κ3) is 2.57. The van der Waals surface area contributed by atoms with E-state index in [1.54, 1.807) is 18.2 Å². The molecule has 0 aliphatic rings. The van der Waals surface area contributed by atoms with Gasteiger partial charge < -0.3 is 13.5 Å². The average molecular weight is 227 g/mol. The Kier molecular flexibility index (Phi) is 3.87. The van der Waals surface area contributed by atoms with E-state index in [4.69, 9.17) is 9.68 Å². The monoisotopic (exact) mass is 227 g/mol. The van der Waals surface area contributed by atoms with Gasteiger partial charge in [0.2, 0.25) is 0 Å². The number of nitrogens with zero attached hydrogens (tertiary/aromatic N) is 1. The summed E-state index contributed by atoms with van der Waals surface area (Å²) in [5.41, 5.74) is 0. The van der Waals surface area contributed by atoms with E-state index in [0.29, 0.717) is 5.76 Å². The molecule has 0 amide bonds. The van der Waals surface area contributed by atoms with Crippen molar-refractivity contribution >= 4 is 13.7 Å². The largest absolute Gasteiger partial charge is 0.465 e. The normalized spacial score (nSPS) is 12.5. The second-order valence-electron chi connectivity index (χ2n) is 2.52. The zero-order chi connectivity index (χ0) is 11.3. The van der Waals surface area contributed by atoms with Gasteiger partial charge in [-0.05, 0) is 12.1 Å². The summed E-state index contributed by atoms with van der Waals surface area (Å²) < 4.78 is 26.2. The van der Waals surface area contributed by atoms with Gasteiger partial charge in [-0.2, -0.15) is 5.26 Å². The van der Waals surface area contributed by atoms with E-state index in [0.717, 1.165) is 0 Å². The zero-order valence-corrected chi connectivity index (χ0v) is 9.23. The Balaban J connectivity index is 3.10. The molecule has 0 aliphatic heterocycles. The summed E-state index contributed by atoms with van der Waals surface area (Å²) >= 11 is 0. The first kappa shape index (κ1) is 11.7. The van der Waals surface area contributed by atoms with Gasteiger partial charge in [0.05, 0.1) is 6.26 Å². The first-order valence-corrected chi connectivity index (χ1v) is 5.58. The predicted molar refractivity (Wildman–Crippen MR) is 53.9 cm³/mol. The Bertz CT molecular complexity index is 421. The molecule has 0 bridgehead atoms. The average Bonchev–Trinajstić information content (AvgIpc) is 2.77. The van der Waals surface area contributed by atoms with Crippen molar-refractivity contribution in [2.75, 3.05) is 14.2 Å². The molecular formula is C9H10NO4P. The summed E-state index contributed by atoms with van der Waals surface area (Å²) in [6.45, 7) is 0. The highest BCUT2D eigenvalue weighted by Gasteiger charge is 2.27. The third-order valence-electron chi connectivity index (χ3n) is 1.71. The van der Waals surface area contributed by atoms with E-state index in [9.17, 15) is 4.57 Å². The molecule has 0 saturated carbocycles. The number of hydrogen-bond acceptors (Lipinski definition) is 5. The van der Waals surface area contributed by atoms with Gasteiger partial charge in [-0.3, -0.25) is 4.57 Å². The van der Waals surface area contributed by atoms with Crippen molar-refractivity contribution in [3.63, 3.8) is 0 Å². The van der Waals surface area contributed by atoms with Crippen molar-refractivity contribution in [1.82, 2.24) is 0 Å². The first-order valence-electron chi connectivity index (χ1n) is 4.03. The third-order valence-corrected chi connectivity index (χ3v) is 3.49. The summed E-state index contributed by atoms with van der Waals surface area (Å²) in [6.07, 6.45) is 2.78. The van der Waals surface area contributed by atoms with Crippen molar-refractivity contribution in [3.8, 4) is 6.07 Å². The van der Waals surface area contributed by atoms with Crippen LogP contribution in [0.2, 0.25) is 0 Å². The molecule has 1 aromatic rings. The van der Waals surface area contributed by atoms with Crippen LogP contribution in [0.5, 0.6) is 0 Å². The zero-order valence-electron chi connectivity index (χ0n) is 8.34. The number of nitriles is 1. The van der Waals surface area contributed by atoms with Gasteiger partial charge >= 0.3 is 7.60 Å². The van der Waals surface area contributed by atoms with Crippen LogP contribution in [0.4, 0.5) is 0 Å². The molecule has 0 aliphatic carbocycles. The number of allylic oxidation sites excluding steroid dienone is 1. The second-order valence-corrected chi connectivity index (χ2v) is 4.73. The van der Waals surface area contributed by atoms with Crippen LogP contribution in [0, 0.1) is 11.3 Å². The van der Waals surface area contributed by atoms with Gasteiger partial charge in [-0.1, -0.05) is 0 Å². The molecule has 80 valence electrons. The number of furan rings is 1. The summed E-state index contributed by atoms with van der Waals surface area (Å²) in [5, 5.41) is 8.74. The van der Waals surface area contributed by atoms with E-state index in [1.165, 1.54) is 26.6 Å². The molecule has 0 fully saturated rings. The fourth-order valence-electron chi connectivity index (χ4n) is 0.952. The van der Waals surface area contributed by atoms with Gasteiger partial charge in [0.1, 0.15) is 17.1 Å². The molecule has 1 rings (SSSR count). The van der Waals surface area contributed by atoms with Gasteiger partial charge in [0.25, 0.3) is 0 Å². The van der Waals surface area contributed by atoms with E-state index in [1.807, 2.05) is 0 Å². The summed E-state index contributed by atoms with van der Waals surface area (Å²) in [6, 6.07) is 5.06. The Labute approximate surface area is 87.4 Å². The van der Waals surface area contributed by atoms with Crippen LogP contribution in [-0.4, -0.2) is 14.2 Å². The van der Waals surface area contributed by atoms with Gasteiger partial charge in [-0.15, -0.1) is 0 Å². The van der Waals surface area contributed by atoms with Crippen LogP contribution >= 0.6 is 7.60 Å². The summed E-state index contributed by atoms with van der Waals surface area (Å²) in [7, 11) is -1.05. The standard InChI is InChI=1S/C9H10NO4P/c1-12-15(11,13-2)9(7-10)6-8-4-3-5-14-8/h3-6H,1-2H3. The predicted octanol–water partition coefficient (Wildman–Crippen LogP) is 2.63. The van der Waals surface area contributed by atoms with Crippen LogP contribution in [0.3, 0.4) is 0 Å². The Morgan fingerprint density at radius 2 is 2.27 bits per heavy atom. The maximum absolute atomic E-state index is 11.8. The molecule has 5 nitrogen and oxygen atoms in total. The fraction of sp³-hybridized carbons (Fsp3) is 0.222. The second kappa shape index (κ2) is 4.94. The van der Waals surface area contributed by atoms with Crippen LogP contribution in [0.1, 0.15) is 5.76 Å². The molecular weight excluding hydrogens is 217 g/mol. The van der Waals surface area contributed by atoms with Crippen LogP contribution in [-0.2, 0) is 13.6 Å². The lowest BCUT2D eigenvalue weighted by molar-refractivity contribution is 0.284. The minimum atomic E-state index is -3.49. The molecule has 1 heterocycles. The smallest absolute Gasteiger partial charge is 0.371 e. The first-order chi connectivity index (χ1) is 7.16. The SMILES string of the molecule is COP(=O)(OC)C(C#N)=Cc1ccco1. The lowest BCUT2D eigenvalue weighted by atomic mass is 10.4. The van der Waals surface area contributed by atoms with Crippen molar-refractivity contribution in [2.24, 2.45) is 0 Å². The highest BCUT2D eigenvalue weighted by molar-refractivity contribution is 7.59. The highest BCUT2D eigenvalue weighted by Crippen LogP contribution is 2.54. The highest BCUT2D eigenvalue weighted by atomic mass is 31.2. The van der Waals surface area contributed by atoms with Crippen molar-refractivity contribution in [2.45, 2.75) is 0 Å². The van der Waals surface area contributed by atoms with Crippen LogP contribution in [0.25, 0.3) is 6.08 Å². The van der Waals surface area contributed by atoms with Crippen molar-refractivity contribution < 1.29 is 18.0 Å². The van der Waals surface area contributed by atoms with Crippen LogP contribution < -0.4 is 0 Å². The van der Waals surface area contributed by atoms with Gasteiger partial charge in [0, 0.05) is 20.3 Å². The van der Waals surface area contributed by atoms with E-state index >= 15 is 0 Å². The maximum atomic E-state index is 11.8. The Morgan fingerprint density at radius 1 is 1.60 bits per heavy atom. The van der Waals surface area contributed by atoms with Crippen LogP contribution in [0.15, 0.2) is 28.1 Å². The Morgan fingerprint density at radius 3 is 2.67 bits per heavy atom. The topological polar surface area (TPSA) is 72.5 Å². The molecule has 0 aromatic carbocycles. The van der Waals surface area contributed by atoms with E-state index in [-0.39, 0.29) is 5.31 Å². The molecule has 0 atom stereocenters. The lowest BCUT2D eigenvalue weighted by Crippen LogP contribution is -1.90. The Hall–Kier alpha value is -1.34. The van der Waals surface area contributed by atoms with Gasteiger partial charge in [0.15, 0.2) is 0 Å². The van der Waals surface area contributed by atoms with Crippen molar-refractivity contribution in [3.05, 3.63) is 29.5 Å². The molecule has 0 N–H and O–H groups in total. The molecule has 6 heteroatoms. The van der Waals surface area contributed by atoms with Crippen molar-refractivity contribution in [1.29, 1.82) is 5.26 Å². The molecule has 0 saturated heterocycles. The molecule has 1 aromatic heterocycles. The number of rotatable bonds is 4. The summed E-state index contributed by atoms with van der Waals surface area (Å²) in [4.78, 5) is 0. The molecule has 0 unspecified atom stereocenters. The quantitative estimate of drug-likeness (QED) is 0.583. The summed E-state index contributed by atoms with van der Waals surface area (Å²) in [5.74, 6) is 0.417. The number of hydrogen-bond donors (Lipinski definition) is 0. The van der Waals surface area contributed by atoms with E-state index in [2.05, 4.69) is 9.05 Å².